The fourth-order valence-corrected chi connectivity index (χ4v) is 2.24. The molecule has 0 radical (unpaired) electrons. The van der Waals surface area contributed by atoms with E-state index in [0.29, 0.717) is 12.4 Å². The lowest BCUT2D eigenvalue weighted by atomic mass is 10.1. The van der Waals surface area contributed by atoms with Gasteiger partial charge in [-0.15, -0.1) is 0 Å². The van der Waals surface area contributed by atoms with Gasteiger partial charge in [0.15, 0.2) is 0 Å². The number of nitrogens with one attached hydrogen (secondary N) is 1. The van der Waals surface area contributed by atoms with E-state index < -0.39 is 0 Å². The van der Waals surface area contributed by atoms with Crippen LogP contribution in [0.25, 0.3) is 11.1 Å². The monoisotopic (exact) mass is 259 g/mol. The van der Waals surface area contributed by atoms with Crippen molar-refractivity contribution in [2.75, 3.05) is 18.9 Å². The number of ether oxygens (including phenoxy) is 2. The van der Waals surface area contributed by atoms with Gasteiger partial charge in [0.2, 0.25) is 0 Å². The number of benzene rings is 1. The second kappa shape index (κ2) is 5.32. The van der Waals surface area contributed by atoms with Gasteiger partial charge in [-0.25, -0.2) is 0 Å². The average Bonchev–Trinajstić information content (AvgIpc) is 2.87. The normalized spacial score (nSPS) is 19.3. The zero-order chi connectivity index (χ0) is 13.1. The van der Waals surface area contributed by atoms with E-state index in [1.54, 1.807) is 6.20 Å². The van der Waals surface area contributed by atoms with Crippen LogP contribution in [0.3, 0.4) is 0 Å². The van der Waals surface area contributed by atoms with Gasteiger partial charge in [-0.3, -0.25) is 5.10 Å². The summed E-state index contributed by atoms with van der Waals surface area (Å²) in [5.74, 6) is 1.44. The number of aromatic nitrogens is 2. The molecule has 5 heteroatoms. The second-order valence-electron chi connectivity index (χ2n) is 4.68. The number of anilines is 1. The molecule has 1 atom stereocenters. The van der Waals surface area contributed by atoms with E-state index in [9.17, 15) is 0 Å². The van der Waals surface area contributed by atoms with E-state index >= 15 is 0 Å². The van der Waals surface area contributed by atoms with Crippen LogP contribution in [0.5, 0.6) is 5.75 Å². The smallest absolute Gasteiger partial charge is 0.126 e. The lowest BCUT2D eigenvalue weighted by molar-refractivity contribution is 0.00744. The summed E-state index contributed by atoms with van der Waals surface area (Å²) >= 11 is 0. The summed E-state index contributed by atoms with van der Waals surface area (Å²) in [6.07, 6.45) is 4.00. The molecule has 1 aliphatic heterocycles. The van der Waals surface area contributed by atoms with Crippen molar-refractivity contribution < 1.29 is 9.47 Å². The topological polar surface area (TPSA) is 73.2 Å². The Bertz CT molecular complexity index is 530. The molecule has 1 saturated heterocycles. The van der Waals surface area contributed by atoms with Gasteiger partial charge in [0.25, 0.3) is 0 Å². The largest absolute Gasteiger partial charge is 0.488 e. The first-order valence-electron chi connectivity index (χ1n) is 6.46. The minimum absolute atomic E-state index is 0.165. The lowest BCUT2D eigenvalue weighted by Gasteiger charge is -2.23. The van der Waals surface area contributed by atoms with Gasteiger partial charge in [0.05, 0.1) is 12.8 Å². The first-order chi connectivity index (χ1) is 9.33. The molecule has 100 valence electrons. The molecule has 3 rings (SSSR count). The van der Waals surface area contributed by atoms with Crippen molar-refractivity contribution in [1.82, 2.24) is 10.2 Å². The Morgan fingerprint density at radius 3 is 2.79 bits per heavy atom. The highest BCUT2D eigenvalue weighted by Crippen LogP contribution is 2.26. The molecule has 1 unspecified atom stereocenters. The van der Waals surface area contributed by atoms with E-state index in [0.717, 1.165) is 36.3 Å². The Labute approximate surface area is 111 Å². The maximum Gasteiger partial charge on any atom is 0.126 e. The van der Waals surface area contributed by atoms with Crippen LogP contribution in [0.1, 0.15) is 12.8 Å². The number of H-pyrrole nitrogens is 1. The van der Waals surface area contributed by atoms with Crippen LogP contribution in [0.4, 0.5) is 5.82 Å². The van der Waals surface area contributed by atoms with Gasteiger partial charge < -0.3 is 15.2 Å². The molecule has 1 aromatic carbocycles. The third-order valence-corrected chi connectivity index (χ3v) is 3.26. The van der Waals surface area contributed by atoms with Gasteiger partial charge in [-0.1, -0.05) is 12.1 Å². The summed E-state index contributed by atoms with van der Waals surface area (Å²) in [6.45, 7) is 1.52. The summed E-state index contributed by atoms with van der Waals surface area (Å²) in [5, 5.41) is 6.64. The van der Waals surface area contributed by atoms with E-state index in [-0.39, 0.29) is 6.10 Å². The number of nitrogens with zero attached hydrogens (tertiary/aromatic N) is 1. The standard InChI is InChI=1S/C14H17N3O2/c15-14-13(8-16-17-14)10-3-5-11(6-4-10)19-12-2-1-7-18-9-12/h3-6,8,12H,1-2,7,9H2,(H3,15,16,17). The Balaban J connectivity index is 1.70. The third kappa shape index (κ3) is 2.71. The minimum Gasteiger partial charge on any atom is -0.488 e. The SMILES string of the molecule is Nc1[nH]ncc1-c1ccc(OC2CCCOC2)cc1. The molecule has 0 bridgehead atoms. The predicted molar refractivity (Wildman–Crippen MR) is 72.9 cm³/mol. The molecule has 1 aliphatic rings. The Hall–Kier alpha value is -2.01. The van der Waals surface area contributed by atoms with Gasteiger partial charge in [-0.2, -0.15) is 5.10 Å². The quantitative estimate of drug-likeness (QED) is 0.886. The van der Waals surface area contributed by atoms with E-state index in [1.165, 1.54) is 0 Å². The second-order valence-corrected chi connectivity index (χ2v) is 4.68. The van der Waals surface area contributed by atoms with E-state index in [1.807, 2.05) is 24.3 Å². The molecule has 2 aromatic rings. The predicted octanol–water partition coefficient (Wildman–Crippen LogP) is 2.22. The number of hydrogen-bond donors (Lipinski definition) is 2. The zero-order valence-electron chi connectivity index (χ0n) is 10.6. The highest BCUT2D eigenvalue weighted by molar-refractivity contribution is 5.73. The molecule has 0 spiro atoms. The van der Waals surface area contributed by atoms with Crippen molar-refractivity contribution >= 4 is 5.82 Å². The number of hydrogen-bond acceptors (Lipinski definition) is 4. The van der Waals surface area contributed by atoms with Crippen LogP contribution in [0.2, 0.25) is 0 Å². The van der Waals surface area contributed by atoms with Gasteiger partial charge in [-0.05, 0) is 30.5 Å². The zero-order valence-corrected chi connectivity index (χ0v) is 10.6. The maximum atomic E-state index is 5.88. The Morgan fingerprint density at radius 2 is 2.16 bits per heavy atom. The van der Waals surface area contributed by atoms with Gasteiger partial charge in [0, 0.05) is 12.2 Å². The summed E-state index contributed by atoms with van der Waals surface area (Å²) < 4.78 is 11.3. The maximum absolute atomic E-state index is 5.88. The molecular weight excluding hydrogens is 242 g/mol. The number of rotatable bonds is 3. The molecule has 0 amide bonds. The molecule has 1 fully saturated rings. The number of nitrogen functional groups attached to an aromatic ring is 1. The lowest BCUT2D eigenvalue weighted by Crippen LogP contribution is -2.27. The average molecular weight is 259 g/mol. The first kappa shape index (κ1) is 12.0. The van der Waals surface area contributed by atoms with Crippen LogP contribution in [-0.4, -0.2) is 29.5 Å². The van der Waals surface area contributed by atoms with E-state index in [4.69, 9.17) is 15.2 Å². The van der Waals surface area contributed by atoms with E-state index in [2.05, 4.69) is 10.2 Å². The van der Waals surface area contributed by atoms with Crippen molar-refractivity contribution in [1.29, 1.82) is 0 Å². The number of nitrogens with two attached hydrogens (primary N) is 1. The summed E-state index contributed by atoms with van der Waals surface area (Å²) in [5.41, 5.74) is 7.73. The van der Waals surface area contributed by atoms with Crippen LogP contribution in [-0.2, 0) is 4.74 Å². The minimum atomic E-state index is 0.165. The van der Waals surface area contributed by atoms with Crippen molar-refractivity contribution in [3.63, 3.8) is 0 Å². The molecule has 0 aliphatic carbocycles. The third-order valence-electron chi connectivity index (χ3n) is 3.26. The van der Waals surface area contributed by atoms with Crippen LogP contribution in [0, 0.1) is 0 Å². The Kier molecular flexibility index (Phi) is 3.37. The van der Waals surface area contributed by atoms with Crippen molar-refractivity contribution in [2.45, 2.75) is 18.9 Å². The van der Waals surface area contributed by atoms with Crippen molar-refractivity contribution in [2.24, 2.45) is 0 Å². The summed E-state index contributed by atoms with van der Waals surface area (Å²) in [4.78, 5) is 0. The van der Waals surface area contributed by atoms with Crippen molar-refractivity contribution in [3.05, 3.63) is 30.5 Å². The molecular formula is C14H17N3O2. The Morgan fingerprint density at radius 1 is 1.32 bits per heavy atom. The summed E-state index contributed by atoms with van der Waals surface area (Å²) in [7, 11) is 0. The molecule has 3 N–H and O–H groups in total. The highest BCUT2D eigenvalue weighted by Gasteiger charge is 2.15. The molecule has 1 aromatic heterocycles. The molecule has 2 heterocycles. The van der Waals surface area contributed by atoms with Crippen LogP contribution >= 0.6 is 0 Å². The number of aromatic amines is 1. The molecule has 5 nitrogen and oxygen atoms in total. The fourth-order valence-electron chi connectivity index (χ4n) is 2.24. The summed E-state index contributed by atoms with van der Waals surface area (Å²) in [6, 6.07) is 7.88. The van der Waals surface area contributed by atoms with Crippen LogP contribution < -0.4 is 10.5 Å². The molecule has 19 heavy (non-hydrogen) atoms. The first-order valence-corrected chi connectivity index (χ1v) is 6.46. The fraction of sp³-hybridized carbons (Fsp3) is 0.357. The van der Waals surface area contributed by atoms with Gasteiger partial charge >= 0.3 is 0 Å². The van der Waals surface area contributed by atoms with Gasteiger partial charge in [0.1, 0.15) is 17.7 Å². The van der Waals surface area contributed by atoms with Crippen molar-refractivity contribution in [3.8, 4) is 16.9 Å². The van der Waals surface area contributed by atoms with Crippen LogP contribution in [0.15, 0.2) is 30.5 Å². The highest BCUT2D eigenvalue weighted by atomic mass is 16.5. The molecule has 0 saturated carbocycles.